The first-order valence-corrected chi connectivity index (χ1v) is 7.97. The summed E-state index contributed by atoms with van der Waals surface area (Å²) in [6.07, 6.45) is 0.693. The second-order valence-electron chi connectivity index (χ2n) is 7.23. The van der Waals surface area contributed by atoms with Crippen LogP contribution >= 0.6 is 0 Å². The first kappa shape index (κ1) is 19.2. The van der Waals surface area contributed by atoms with Crippen molar-refractivity contribution in [2.75, 3.05) is 11.9 Å². The van der Waals surface area contributed by atoms with Gasteiger partial charge in [-0.1, -0.05) is 46.8 Å². The van der Waals surface area contributed by atoms with Crippen LogP contribution in [-0.4, -0.2) is 29.6 Å². The Bertz CT molecular complexity index is 547. The average molecular weight is 320 g/mol. The third kappa shape index (κ3) is 6.02. The van der Waals surface area contributed by atoms with E-state index in [1.807, 2.05) is 34.6 Å². The number of nitrogens with one attached hydrogen (secondary N) is 2. The summed E-state index contributed by atoms with van der Waals surface area (Å²) in [7, 11) is 0. The van der Waals surface area contributed by atoms with Crippen molar-refractivity contribution in [3.8, 4) is 0 Å². The number of hydrogen-bond acceptors (Lipinski definition) is 3. The van der Waals surface area contributed by atoms with E-state index in [1.165, 1.54) is 0 Å². The van der Waals surface area contributed by atoms with Crippen LogP contribution < -0.4 is 10.6 Å². The van der Waals surface area contributed by atoms with Crippen LogP contribution in [0.2, 0.25) is 0 Å². The van der Waals surface area contributed by atoms with Gasteiger partial charge in [-0.05, 0) is 24.5 Å². The Morgan fingerprint density at radius 2 is 1.78 bits per heavy atom. The number of rotatable bonds is 6. The molecule has 5 nitrogen and oxygen atoms in total. The number of benzene rings is 1. The maximum absolute atomic E-state index is 12.5. The van der Waals surface area contributed by atoms with Gasteiger partial charge in [-0.25, -0.2) is 0 Å². The van der Waals surface area contributed by atoms with Gasteiger partial charge in [-0.3, -0.25) is 9.59 Å². The van der Waals surface area contributed by atoms with E-state index >= 15 is 0 Å². The molecule has 5 heteroatoms. The van der Waals surface area contributed by atoms with Crippen molar-refractivity contribution in [3.05, 3.63) is 29.8 Å². The van der Waals surface area contributed by atoms with Gasteiger partial charge in [0.25, 0.3) is 5.91 Å². The van der Waals surface area contributed by atoms with Crippen LogP contribution in [0.1, 0.15) is 51.4 Å². The monoisotopic (exact) mass is 320 g/mol. The van der Waals surface area contributed by atoms with Crippen LogP contribution in [0.15, 0.2) is 24.3 Å². The number of carbonyl (C=O) groups is 2. The third-order valence-corrected chi connectivity index (χ3v) is 3.41. The van der Waals surface area contributed by atoms with E-state index in [-0.39, 0.29) is 24.5 Å². The molecule has 1 aromatic rings. The molecule has 0 fully saturated rings. The predicted octanol–water partition coefficient (Wildman–Crippen LogP) is 2.81. The summed E-state index contributed by atoms with van der Waals surface area (Å²) in [5, 5.41) is 15.0. The molecule has 1 aromatic carbocycles. The maximum atomic E-state index is 12.5. The number of para-hydroxylation sites is 1. The van der Waals surface area contributed by atoms with E-state index in [9.17, 15) is 14.7 Å². The number of amides is 2. The molecule has 1 rings (SSSR count). The van der Waals surface area contributed by atoms with E-state index in [2.05, 4.69) is 10.6 Å². The standard InChI is InChI=1S/C18H28N2O3/c1-12(2)10-13(11-21)19-16(22)14-8-6-7-9-15(14)20-17(23)18(3,4)5/h6-9,12-13,21H,10-11H2,1-5H3,(H,19,22)(H,20,23). The van der Waals surface area contributed by atoms with Gasteiger partial charge >= 0.3 is 0 Å². The third-order valence-electron chi connectivity index (χ3n) is 3.41. The highest BCUT2D eigenvalue weighted by Gasteiger charge is 2.23. The Labute approximate surface area is 138 Å². The van der Waals surface area contributed by atoms with E-state index in [0.29, 0.717) is 23.6 Å². The summed E-state index contributed by atoms with van der Waals surface area (Å²) in [4.78, 5) is 24.6. The second kappa shape index (κ2) is 8.11. The topological polar surface area (TPSA) is 78.4 Å². The lowest BCUT2D eigenvalue weighted by molar-refractivity contribution is -0.123. The fourth-order valence-electron chi connectivity index (χ4n) is 2.11. The van der Waals surface area contributed by atoms with E-state index in [1.54, 1.807) is 24.3 Å². The van der Waals surface area contributed by atoms with Crippen LogP contribution in [0, 0.1) is 11.3 Å². The van der Waals surface area contributed by atoms with Gasteiger partial charge in [0.1, 0.15) is 0 Å². The Kier molecular flexibility index (Phi) is 6.76. The number of hydrogen-bond donors (Lipinski definition) is 3. The molecule has 23 heavy (non-hydrogen) atoms. The molecule has 1 atom stereocenters. The second-order valence-corrected chi connectivity index (χ2v) is 7.23. The molecule has 0 spiro atoms. The summed E-state index contributed by atoms with van der Waals surface area (Å²) in [5.41, 5.74) is 0.327. The zero-order valence-electron chi connectivity index (χ0n) is 14.6. The van der Waals surface area contributed by atoms with Crippen molar-refractivity contribution in [1.29, 1.82) is 0 Å². The normalized spacial score (nSPS) is 12.8. The van der Waals surface area contributed by atoms with Crippen molar-refractivity contribution in [3.63, 3.8) is 0 Å². The molecule has 0 aliphatic rings. The SMILES string of the molecule is CC(C)CC(CO)NC(=O)c1ccccc1NC(=O)C(C)(C)C. The molecule has 128 valence electrons. The first-order valence-electron chi connectivity index (χ1n) is 7.97. The van der Waals surface area contributed by atoms with Crippen molar-refractivity contribution in [1.82, 2.24) is 5.32 Å². The van der Waals surface area contributed by atoms with Crippen LogP contribution in [0.4, 0.5) is 5.69 Å². The molecule has 0 aliphatic heterocycles. The minimum atomic E-state index is -0.547. The van der Waals surface area contributed by atoms with Gasteiger partial charge in [0.2, 0.25) is 5.91 Å². The molecular weight excluding hydrogens is 292 g/mol. The molecule has 0 aromatic heterocycles. The molecule has 0 heterocycles. The zero-order chi connectivity index (χ0) is 17.6. The van der Waals surface area contributed by atoms with Gasteiger partial charge in [-0.2, -0.15) is 0 Å². The molecular formula is C18H28N2O3. The average Bonchev–Trinajstić information content (AvgIpc) is 2.45. The number of aliphatic hydroxyl groups excluding tert-OH is 1. The molecule has 1 unspecified atom stereocenters. The summed E-state index contributed by atoms with van der Waals surface area (Å²) in [6, 6.07) is 6.59. The molecule has 2 amide bonds. The largest absolute Gasteiger partial charge is 0.394 e. The molecule has 3 N–H and O–H groups in total. The highest BCUT2D eigenvalue weighted by molar-refractivity contribution is 6.04. The molecule has 0 saturated heterocycles. The van der Waals surface area contributed by atoms with Crippen LogP contribution in [0.5, 0.6) is 0 Å². The Morgan fingerprint density at radius 3 is 2.30 bits per heavy atom. The van der Waals surface area contributed by atoms with Crippen molar-refractivity contribution < 1.29 is 14.7 Å². The fourth-order valence-corrected chi connectivity index (χ4v) is 2.11. The van der Waals surface area contributed by atoms with Gasteiger partial charge in [-0.15, -0.1) is 0 Å². The minimum Gasteiger partial charge on any atom is -0.394 e. The molecule has 0 bridgehead atoms. The van der Waals surface area contributed by atoms with Gasteiger partial charge in [0, 0.05) is 5.41 Å². The molecule has 0 radical (unpaired) electrons. The van der Waals surface area contributed by atoms with E-state index < -0.39 is 5.41 Å². The van der Waals surface area contributed by atoms with Crippen molar-refractivity contribution in [2.24, 2.45) is 11.3 Å². The minimum absolute atomic E-state index is 0.111. The quantitative estimate of drug-likeness (QED) is 0.754. The van der Waals surface area contributed by atoms with Gasteiger partial charge in [0.05, 0.1) is 23.9 Å². The van der Waals surface area contributed by atoms with Crippen molar-refractivity contribution >= 4 is 17.5 Å². The molecule has 0 aliphatic carbocycles. The fraction of sp³-hybridized carbons (Fsp3) is 0.556. The Balaban J connectivity index is 2.91. The zero-order valence-corrected chi connectivity index (χ0v) is 14.6. The smallest absolute Gasteiger partial charge is 0.253 e. The van der Waals surface area contributed by atoms with Gasteiger partial charge in [0.15, 0.2) is 0 Å². The summed E-state index contributed by atoms with van der Waals surface area (Å²) < 4.78 is 0. The van der Waals surface area contributed by atoms with Crippen molar-refractivity contribution in [2.45, 2.75) is 47.1 Å². The number of aliphatic hydroxyl groups is 1. The summed E-state index contributed by atoms with van der Waals surface area (Å²) in [5.74, 6) is -0.0866. The lowest BCUT2D eigenvalue weighted by Crippen LogP contribution is -2.39. The Hall–Kier alpha value is -1.88. The highest BCUT2D eigenvalue weighted by Crippen LogP contribution is 2.20. The van der Waals surface area contributed by atoms with Crippen LogP contribution in [0.25, 0.3) is 0 Å². The van der Waals surface area contributed by atoms with Crippen LogP contribution in [0.3, 0.4) is 0 Å². The van der Waals surface area contributed by atoms with E-state index in [0.717, 1.165) is 0 Å². The number of carbonyl (C=O) groups excluding carboxylic acids is 2. The predicted molar refractivity (Wildman–Crippen MR) is 92.3 cm³/mol. The van der Waals surface area contributed by atoms with Gasteiger partial charge < -0.3 is 15.7 Å². The first-order chi connectivity index (χ1) is 10.6. The summed E-state index contributed by atoms with van der Waals surface area (Å²) >= 11 is 0. The lowest BCUT2D eigenvalue weighted by atomic mass is 9.95. The highest BCUT2D eigenvalue weighted by atomic mass is 16.3. The van der Waals surface area contributed by atoms with E-state index in [4.69, 9.17) is 0 Å². The molecule has 0 saturated carbocycles. The van der Waals surface area contributed by atoms with Crippen LogP contribution in [-0.2, 0) is 4.79 Å². The number of anilines is 1. The maximum Gasteiger partial charge on any atom is 0.253 e. The Morgan fingerprint density at radius 1 is 1.17 bits per heavy atom. The summed E-state index contributed by atoms with van der Waals surface area (Å²) in [6.45, 7) is 9.40. The lowest BCUT2D eigenvalue weighted by Gasteiger charge is -2.21.